The van der Waals surface area contributed by atoms with Crippen LogP contribution in [-0.4, -0.2) is 30.5 Å². The summed E-state index contributed by atoms with van der Waals surface area (Å²) in [7, 11) is 0. The molecule has 0 fully saturated rings. The summed E-state index contributed by atoms with van der Waals surface area (Å²) in [5, 5.41) is 0. The maximum atomic E-state index is 11.1. The molecule has 8 nitrogen and oxygen atoms in total. The minimum atomic E-state index is -0.867. The molecule has 8 heteroatoms. The number of hydrogen-bond acceptors (Lipinski definition) is 6. The van der Waals surface area contributed by atoms with Crippen LogP contribution < -0.4 is 17.2 Å². The summed E-state index contributed by atoms with van der Waals surface area (Å²) < 4.78 is 0. The predicted molar refractivity (Wildman–Crippen MR) is 55.7 cm³/mol. The lowest BCUT2D eigenvalue weighted by Crippen LogP contribution is -2.33. The Morgan fingerprint density at radius 3 is 2.44 bits per heavy atom. The zero-order valence-electron chi connectivity index (χ0n) is 9.01. The average Bonchev–Trinajstić information content (AvgIpc) is 2.20. The van der Waals surface area contributed by atoms with E-state index in [1.165, 1.54) is 0 Å². The molecule has 0 spiro atoms. The van der Waals surface area contributed by atoms with Crippen molar-refractivity contribution in [3.05, 3.63) is 0 Å². The Bertz CT molecular complexity index is 275. The van der Waals surface area contributed by atoms with Crippen molar-refractivity contribution in [2.24, 2.45) is 22.2 Å². The lowest BCUT2D eigenvalue weighted by Gasteiger charge is -2.07. The number of guanidine groups is 1. The fourth-order valence-corrected chi connectivity index (χ4v) is 0.799. The van der Waals surface area contributed by atoms with Crippen LogP contribution in [0.15, 0.2) is 4.99 Å². The van der Waals surface area contributed by atoms with Gasteiger partial charge in [-0.3, -0.25) is 4.99 Å². The first kappa shape index (κ1) is 14.2. The Morgan fingerprint density at radius 2 is 1.94 bits per heavy atom. The molecule has 0 aromatic carbocycles. The second kappa shape index (κ2) is 7.46. The minimum absolute atomic E-state index is 0.0175. The minimum Gasteiger partial charge on any atom is -0.370 e. The third kappa shape index (κ3) is 7.56. The van der Waals surface area contributed by atoms with Gasteiger partial charge in [0.2, 0.25) is 0 Å². The smallest absolute Gasteiger partial charge is 0.370 e. The number of nitrogens with two attached hydrogens (primary N) is 3. The van der Waals surface area contributed by atoms with E-state index in [-0.39, 0.29) is 5.96 Å². The third-order valence-corrected chi connectivity index (χ3v) is 1.51. The highest BCUT2D eigenvalue weighted by Gasteiger charge is 2.16. The number of carbonyl (C=O) groups excluding carboxylic acids is 2. The van der Waals surface area contributed by atoms with Crippen LogP contribution in [0.5, 0.6) is 0 Å². The fourth-order valence-electron chi connectivity index (χ4n) is 0.799. The van der Waals surface area contributed by atoms with Crippen LogP contribution in [0.1, 0.15) is 19.8 Å². The van der Waals surface area contributed by atoms with Crippen LogP contribution in [0.25, 0.3) is 0 Å². The van der Waals surface area contributed by atoms with Gasteiger partial charge >= 0.3 is 11.9 Å². The van der Waals surface area contributed by atoms with Gasteiger partial charge in [0.15, 0.2) is 5.96 Å². The van der Waals surface area contributed by atoms with Gasteiger partial charge in [-0.05, 0) is 12.8 Å². The van der Waals surface area contributed by atoms with Crippen molar-refractivity contribution < 1.29 is 19.4 Å². The molecule has 0 radical (unpaired) electrons. The normalized spacial score (nSPS) is 11.4. The summed E-state index contributed by atoms with van der Waals surface area (Å²) in [6.45, 7) is 1.48. The zero-order valence-corrected chi connectivity index (χ0v) is 9.01. The van der Waals surface area contributed by atoms with Gasteiger partial charge in [-0.25, -0.2) is 19.4 Å². The summed E-state index contributed by atoms with van der Waals surface area (Å²) in [4.78, 5) is 33.3. The van der Waals surface area contributed by atoms with Gasteiger partial charge in [-0.1, -0.05) is 0 Å². The van der Waals surface area contributed by atoms with Crippen molar-refractivity contribution in [2.75, 3.05) is 6.54 Å². The van der Waals surface area contributed by atoms with E-state index in [4.69, 9.17) is 17.2 Å². The number of hydrogen-bond donors (Lipinski definition) is 3. The molecule has 0 bridgehead atoms. The predicted octanol–water partition coefficient (Wildman–Crippen LogP) is -1.61. The van der Waals surface area contributed by atoms with Crippen molar-refractivity contribution in [3.63, 3.8) is 0 Å². The standard InChI is InChI=1S/C8H16N4O4/c1-5(13)15-16-7(14)6(9)3-2-4-12-8(10)11/h6H,2-4,9H2,1H3,(H4,10,11,12)/t6-/m1/s1. The first-order valence-electron chi connectivity index (χ1n) is 4.63. The van der Waals surface area contributed by atoms with Gasteiger partial charge in [0.25, 0.3) is 0 Å². The van der Waals surface area contributed by atoms with Crippen molar-refractivity contribution in [1.82, 2.24) is 0 Å². The molecule has 16 heavy (non-hydrogen) atoms. The maximum absolute atomic E-state index is 11.1. The molecule has 0 heterocycles. The Kier molecular flexibility index (Phi) is 6.61. The summed E-state index contributed by atoms with van der Waals surface area (Å²) in [6.07, 6.45) is 0.852. The molecule has 6 N–H and O–H groups in total. The van der Waals surface area contributed by atoms with Gasteiger partial charge in [-0.2, -0.15) is 0 Å². The highest BCUT2D eigenvalue weighted by atomic mass is 17.2. The van der Waals surface area contributed by atoms with Crippen molar-refractivity contribution in [1.29, 1.82) is 0 Å². The molecule has 0 amide bonds. The van der Waals surface area contributed by atoms with Crippen LogP contribution in [0.4, 0.5) is 0 Å². The van der Waals surface area contributed by atoms with Crippen LogP contribution in [0.2, 0.25) is 0 Å². The Balaban J connectivity index is 3.71. The number of rotatable bonds is 5. The molecule has 0 unspecified atom stereocenters. The van der Waals surface area contributed by atoms with E-state index in [0.29, 0.717) is 19.4 Å². The highest BCUT2D eigenvalue weighted by molar-refractivity contribution is 5.76. The van der Waals surface area contributed by atoms with Crippen molar-refractivity contribution in [2.45, 2.75) is 25.8 Å². The molecular weight excluding hydrogens is 216 g/mol. The van der Waals surface area contributed by atoms with Gasteiger partial charge < -0.3 is 17.2 Å². The molecule has 0 aromatic rings. The summed E-state index contributed by atoms with van der Waals surface area (Å²) >= 11 is 0. The van der Waals surface area contributed by atoms with Crippen LogP contribution >= 0.6 is 0 Å². The van der Waals surface area contributed by atoms with Gasteiger partial charge in [0.1, 0.15) is 6.04 Å². The molecule has 0 saturated heterocycles. The molecule has 0 rings (SSSR count). The van der Waals surface area contributed by atoms with Gasteiger partial charge in [0.05, 0.1) is 0 Å². The van der Waals surface area contributed by atoms with Crippen molar-refractivity contribution >= 4 is 17.9 Å². The maximum Gasteiger partial charge on any atom is 0.372 e. The van der Waals surface area contributed by atoms with Crippen LogP contribution in [0.3, 0.4) is 0 Å². The van der Waals surface area contributed by atoms with Gasteiger partial charge in [-0.15, -0.1) is 0 Å². The second-order valence-electron chi connectivity index (χ2n) is 3.03. The van der Waals surface area contributed by atoms with E-state index >= 15 is 0 Å². The van der Waals surface area contributed by atoms with Crippen LogP contribution in [-0.2, 0) is 19.4 Å². The highest BCUT2D eigenvalue weighted by Crippen LogP contribution is 1.98. The topological polar surface area (TPSA) is 143 Å². The Labute approximate surface area is 92.7 Å². The Morgan fingerprint density at radius 1 is 1.31 bits per heavy atom. The van der Waals surface area contributed by atoms with E-state index in [0.717, 1.165) is 6.92 Å². The lowest BCUT2D eigenvalue weighted by atomic mass is 10.2. The average molecular weight is 232 g/mol. The van der Waals surface area contributed by atoms with E-state index in [9.17, 15) is 9.59 Å². The summed E-state index contributed by atoms with van der Waals surface area (Å²) in [5.41, 5.74) is 15.6. The fraction of sp³-hybridized carbons (Fsp3) is 0.625. The largest absolute Gasteiger partial charge is 0.372 e. The van der Waals surface area contributed by atoms with E-state index in [1.54, 1.807) is 0 Å². The molecule has 0 aromatic heterocycles. The molecule has 0 aliphatic heterocycles. The first-order chi connectivity index (χ1) is 7.43. The van der Waals surface area contributed by atoms with Gasteiger partial charge in [0, 0.05) is 13.5 Å². The number of carbonyl (C=O) groups is 2. The van der Waals surface area contributed by atoms with Crippen molar-refractivity contribution in [3.8, 4) is 0 Å². The third-order valence-electron chi connectivity index (χ3n) is 1.51. The number of nitrogens with zero attached hydrogens (tertiary/aromatic N) is 1. The molecule has 92 valence electrons. The Hall–Kier alpha value is -1.83. The lowest BCUT2D eigenvalue weighted by molar-refractivity contribution is -0.258. The first-order valence-corrected chi connectivity index (χ1v) is 4.63. The summed E-state index contributed by atoms with van der Waals surface area (Å²) in [6, 6.07) is -0.867. The second-order valence-corrected chi connectivity index (χ2v) is 3.03. The van der Waals surface area contributed by atoms with Crippen LogP contribution in [0, 0.1) is 0 Å². The molecule has 1 atom stereocenters. The number of aliphatic imine (C=N–C) groups is 1. The molecule has 0 saturated carbocycles. The molecule has 0 aliphatic rings. The quantitative estimate of drug-likeness (QED) is 0.170. The summed E-state index contributed by atoms with van der Waals surface area (Å²) in [5.74, 6) is -1.54. The monoisotopic (exact) mass is 232 g/mol. The van der Waals surface area contributed by atoms with E-state index in [1.807, 2.05) is 0 Å². The van der Waals surface area contributed by atoms with E-state index < -0.39 is 18.0 Å². The molecule has 0 aliphatic carbocycles. The zero-order chi connectivity index (χ0) is 12.6. The SMILES string of the molecule is CC(=O)OOC(=O)[C@H](N)CCCN=C(N)N. The molecular formula is C8H16N4O4. The van der Waals surface area contributed by atoms with E-state index in [2.05, 4.69) is 14.8 Å².